The van der Waals surface area contributed by atoms with Gasteiger partial charge in [0.25, 0.3) is 0 Å². The minimum absolute atomic E-state index is 0.0381. The van der Waals surface area contributed by atoms with Crippen molar-refractivity contribution in [1.82, 2.24) is 0 Å². The number of hydrogen-bond donors (Lipinski definition) is 0. The molecule has 0 saturated heterocycles. The lowest BCUT2D eigenvalue weighted by atomic mass is 10.0. The van der Waals surface area contributed by atoms with Gasteiger partial charge in [-0.3, -0.25) is 9.59 Å². The molecule has 1 fully saturated rings. The molecule has 0 N–H and O–H groups in total. The Morgan fingerprint density at radius 3 is 2.25 bits per heavy atom. The maximum absolute atomic E-state index is 11.0. The molecule has 0 radical (unpaired) electrons. The maximum atomic E-state index is 11.0. The van der Waals surface area contributed by atoms with Crippen LogP contribution in [0.3, 0.4) is 0 Å². The summed E-state index contributed by atoms with van der Waals surface area (Å²) < 4.78 is 4.61. The van der Waals surface area contributed by atoms with Gasteiger partial charge in [0.1, 0.15) is 5.78 Å². The Bertz CT molecular complexity index is 198. The summed E-state index contributed by atoms with van der Waals surface area (Å²) in [6.45, 7) is 1.59. The largest absolute Gasteiger partial charge is 0.469 e. The quantitative estimate of drug-likeness (QED) is 0.584. The van der Waals surface area contributed by atoms with E-state index >= 15 is 0 Å². The van der Waals surface area contributed by atoms with Crippen molar-refractivity contribution in [1.29, 1.82) is 0 Å². The van der Waals surface area contributed by atoms with E-state index in [0.29, 0.717) is 6.42 Å². The van der Waals surface area contributed by atoms with Crippen LogP contribution in [0.5, 0.6) is 0 Å². The molecule has 0 aromatic carbocycles. The predicted molar refractivity (Wildman–Crippen MR) is 43.5 cm³/mol. The first kappa shape index (κ1) is 9.23. The Morgan fingerprint density at radius 2 is 1.83 bits per heavy atom. The zero-order valence-corrected chi connectivity index (χ0v) is 7.50. The molecule has 0 spiro atoms. The monoisotopic (exact) mass is 170 g/mol. The highest BCUT2D eigenvalue weighted by Crippen LogP contribution is 2.31. The minimum atomic E-state index is -0.168. The number of esters is 1. The van der Waals surface area contributed by atoms with E-state index in [-0.39, 0.29) is 23.6 Å². The fourth-order valence-corrected chi connectivity index (χ4v) is 1.73. The van der Waals surface area contributed by atoms with Crippen molar-refractivity contribution in [2.24, 2.45) is 11.8 Å². The third kappa shape index (κ3) is 1.84. The predicted octanol–water partition coefficient (Wildman–Crippen LogP) is 1.16. The topological polar surface area (TPSA) is 43.4 Å². The normalized spacial score (nSPS) is 28.5. The summed E-state index contributed by atoms with van der Waals surface area (Å²) in [5.41, 5.74) is 0. The zero-order valence-electron chi connectivity index (χ0n) is 7.50. The summed E-state index contributed by atoms with van der Waals surface area (Å²) in [6.07, 6.45) is 2.33. The smallest absolute Gasteiger partial charge is 0.308 e. The Kier molecular flexibility index (Phi) is 2.84. The average molecular weight is 170 g/mol. The summed E-state index contributed by atoms with van der Waals surface area (Å²) in [5.74, 6) is 0.0816. The van der Waals surface area contributed by atoms with E-state index < -0.39 is 0 Å². The van der Waals surface area contributed by atoms with Crippen LogP contribution in [0, 0.1) is 11.8 Å². The molecule has 3 nitrogen and oxygen atoms in total. The first-order valence-corrected chi connectivity index (χ1v) is 4.23. The molecule has 2 atom stereocenters. The number of rotatable bonds is 2. The summed E-state index contributed by atoms with van der Waals surface area (Å²) in [6, 6.07) is 0. The average Bonchev–Trinajstić information content (AvgIpc) is 2.51. The summed E-state index contributed by atoms with van der Waals surface area (Å²) in [5, 5.41) is 0. The summed E-state index contributed by atoms with van der Waals surface area (Å²) in [7, 11) is 1.39. The van der Waals surface area contributed by atoms with Gasteiger partial charge in [0.05, 0.1) is 13.0 Å². The van der Waals surface area contributed by atoms with E-state index in [0.717, 1.165) is 12.8 Å². The molecule has 1 aliphatic carbocycles. The zero-order chi connectivity index (χ0) is 9.14. The lowest BCUT2D eigenvalue weighted by Gasteiger charge is -2.06. The highest BCUT2D eigenvalue weighted by Gasteiger charge is 2.32. The lowest BCUT2D eigenvalue weighted by Crippen LogP contribution is -2.14. The van der Waals surface area contributed by atoms with Gasteiger partial charge in [-0.1, -0.05) is 0 Å². The van der Waals surface area contributed by atoms with Crippen LogP contribution in [0.2, 0.25) is 0 Å². The molecule has 0 heterocycles. The third-order valence-electron chi connectivity index (χ3n) is 2.54. The van der Waals surface area contributed by atoms with E-state index in [1.807, 2.05) is 0 Å². The van der Waals surface area contributed by atoms with Gasteiger partial charge in [-0.15, -0.1) is 0 Å². The lowest BCUT2D eigenvalue weighted by molar-refractivity contribution is -0.145. The van der Waals surface area contributed by atoms with Gasteiger partial charge in [-0.2, -0.15) is 0 Å². The molecule has 0 aromatic rings. The number of hydrogen-bond acceptors (Lipinski definition) is 3. The van der Waals surface area contributed by atoms with E-state index in [4.69, 9.17) is 0 Å². The number of methoxy groups -OCH3 is 1. The van der Waals surface area contributed by atoms with Gasteiger partial charge in [0, 0.05) is 5.92 Å². The van der Waals surface area contributed by atoms with Crippen molar-refractivity contribution in [2.45, 2.75) is 26.2 Å². The molecule has 0 aliphatic heterocycles. The Balaban J connectivity index is 2.45. The van der Waals surface area contributed by atoms with Crippen LogP contribution in [0.4, 0.5) is 0 Å². The molecule has 68 valence electrons. The van der Waals surface area contributed by atoms with Crippen molar-refractivity contribution in [3.63, 3.8) is 0 Å². The second-order valence-corrected chi connectivity index (χ2v) is 3.34. The number of ketones is 1. The highest BCUT2D eigenvalue weighted by molar-refractivity contribution is 5.80. The van der Waals surface area contributed by atoms with Gasteiger partial charge in [-0.25, -0.2) is 0 Å². The molecular formula is C9H14O3. The first-order valence-electron chi connectivity index (χ1n) is 4.23. The van der Waals surface area contributed by atoms with Crippen molar-refractivity contribution < 1.29 is 14.3 Å². The number of carbonyl (C=O) groups is 2. The number of Topliss-reactive ketones (excluding diaryl/α,β-unsaturated/α-hetero) is 1. The van der Waals surface area contributed by atoms with Crippen LogP contribution in [-0.2, 0) is 14.3 Å². The SMILES string of the molecule is COC(=O)[C@H]1CC[C@@H](C(C)=O)C1. The number of carbonyl (C=O) groups excluding carboxylic acids is 2. The maximum Gasteiger partial charge on any atom is 0.308 e. The first-order chi connectivity index (χ1) is 5.65. The summed E-state index contributed by atoms with van der Waals surface area (Å²) in [4.78, 5) is 22.0. The third-order valence-corrected chi connectivity index (χ3v) is 2.54. The molecule has 0 unspecified atom stereocenters. The van der Waals surface area contributed by atoms with Gasteiger partial charge in [0.2, 0.25) is 0 Å². The van der Waals surface area contributed by atoms with Gasteiger partial charge in [-0.05, 0) is 26.2 Å². The van der Waals surface area contributed by atoms with Crippen molar-refractivity contribution >= 4 is 11.8 Å². The van der Waals surface area contributed by atoms with E-state index in [2.05, 4.69) is 4.74 Å². The molecule has 0 bridgehead atoms. The Hall–Kier alpha value is -0.860. The van der Waals surface area contributed by atoms with Crippen LogP contribution < -0.4 is 0 Å². The van der Waals surface area contributed by atoms with E-state index in [9.17, 15) is 9.59 Å². The van der Waals surface area contributed by atoms with Crippen LogP contribution in [-0.4, -0.2) is 18.9 Å². The fourth-order valence-electron chi connectivity index (χ4n) is 1.73. The van der Waals surface area contributed by atoms with Crippen LogP contribution in [0.25, 0.3) is 0 Å². The molecule has 0 amide bonds. The van der Waals surface area contributed by atoms with Crippen LogP contribution >= 0.6 is 0 Å². The Morgan fingerprint density at radius 1 is 1.25 bits per heavy atom. The minimum Gasteiger partial charge on any atom is -0.469 e. The molecule has 1 rings (SSSR count). The number of ether oxygens (including phenoxy) is 1. The molecule has 1 saturated carbocycles. The van der Waals surface area contributed by atoms with Crippen molar-refractivity contribution in [2.75, 3.05) is 7.11 Å². The van der Waals surface area contributed by atoms with Gasteiger partial charge in [0.15, 0.2) is 0 Å². The van der Waals surface area contributed by atoms with E-state index in [1.165, 1.54) is 7.11 Å². The Labute approximate surface area is 72.1 Å². The second kappa shape index (κ2) is 3.70. The molecule has 12 heavy (non-hydrogen) atoms. The van der Waals surface area contributed by atoms with Gasteiger partial charge < -0.3 is 4.74 Å². The standard InChI is InChI=1S/C9H14O3/c1-6(10)7-3-4-8(5-7)9(11)12-2/h7-8H,3-5H2,1-2H3/t7-,8+/m1/s1. The molecule has 3 heteroatoms. The van der Waals surface area contributed by atoms with Crippen molar-refractivity contribution in [3.05, 3.63) is 0 Å². The molecule has 1 aliphatic rings. The van der Waals surface area contributed by atoms with Crippen LogP contribution in [0.15, 0.2) is 0 Å². The summed E-state index contributed by atoms with van der Waals surface area (Å²) >= 11 is 0. The molecule has 0 aromatic heterocycles. The van der Waals surface area contributed by atoms with Crippen LogP contribution in [0.1, 0.15) is 26.2 Å². The fraction of sp³-hybridized carbons (Fsp3) is 0.778. The van der Waals surface area contributed by atoms with Gasteiger partial charge >= 0.3 is 5.97 Å². The highest BCUT2D eigenvalue weighted by atomic mass is 16.5. The van der Waals surface area contributed by atoms with Crippen molar-refractivity contribution in [3.8, 4) is 0 Å². The molecular weight excluding hydrogens is 156 g/mol. The second-order valence-electron chi connectivity index (χ2n) is 3.34. The van der Waals surface area contributed by atoms with E-state index in [1.54, 1.807) is 6.92 Å².